The lowest BCUT2D eigenvalue weighted by Crippen LogP contribution is -2.35. The summed E-state index contributed by atoms with van der Waals surface area (Å²) in [4.78, 5) is 12.5. The highest BCUT2D eigenvalue weighted by Crippen LogP contribution is 2.23. The van der Waals surface area contributed by atoms with Gasteiger partial charge < -0.3 is 15.0 Å². The van der Waals surface area contributed by atoms with E-state index < -0.39 is 4.92 Å². The fourth-order valence-electron chi connectivity index (χ4n) is 1.91. The molecular weight excluding hydrogens is 246 g/mol. The lowest BCUT2D eigenvalue weighted by atomic mass is 10.1. The number of nitrogens with zero attached hydrogens (tertiary/aromatic N) is 2. The minimum absolute atomic E-state index is 0.0814. The average molecular weight is 267 g/mol. The molecule has 1 unspecified atom stereocenters. The number of likely N-dealkylation sites (N-methyl/N-ethyl adjacent to an activating group) is 1. The first-order chi connectivity index (χ1) is 8.93. The van der Waals surface area contributed by atoms with Gasteiger partial charge in [0.05, 0.1) is 12.0 Å². The van der Waals surface area contributed by atoms with Crippen molar-refractivity contribution in [1.82, 2.24) is 10.2 Å². The molecule has 1 rings (SSSR count). The van der Waals surface area contributed by atoms with Gasteiger partial charge >= 0.3 is 0 Å². The molecule has 1 atom stereocenters. The van der Waals surface area contributed by atoms with Gasteiger partial charge in [-0.1, -0.05) is 0 Å². The van der Waals surface area contributed by atoms with E-state index in [-0.39, 0.29) is 5.69 Å². The number of non-ortho nitro benzene ring substituents is 1. The van der Waals surface area contributed by atoms with Gasteiger partial charge in [0.1, 0.15) is 5.75 Å². The van der Waals surface area contributed by atoms with Crippen LogP contribution in [0.3, 0.4) is 0 Å². The van der Waals surface area contributed by atoms with Gasteiger partial charge in [-0.05, 0) is 27.1 Å². The van der Waals surface area contributed by atoms with Crippen LogP contribution in [0, 0.1) is 10.1 Å². The quantitative estimate of drug-likeness (QED) is 0.601. The Bertz CT molecular complexity index is 435. The van der Waals surface area contributed by atoms with Crippen molar-refractivity contribution >= 4 is 5.69 Å². The fraction of sp³-hybridized carbons (Fsp3) is 0.538. The van der Waals surface area contributed by atoms with Crippen molar-refractivity contribution in [2.24, 2.45) is 0 Å². The van der Waals surface area contributed by atoms with Crippen molar-refractivity contribution in [3.63, 3.8) is 0 Å². The van der Waals surface area contributed by atoms with Crippen LogP contribution >= 0.6 is 0 Å². The molecule has 0 bridgehead atoms. The largest absolute Gasteiger partial charge is 0.496 e. The molecule has 19 heavy (non-hydrogen) atoms. The van der Waals surface area contributed by atoms with Crippen LogP contribution < -0.4 is 10.1 Å². The van der Waals surface area contributed by atoms with E-state index in [1.165, 1.54) is 6.07 Å². The minimum Gasteiger partial charge on any atom is -0.496 e. The van der Waals surface area contributed by atoms with Gasteiger partial charge in [0, 0.05) is 36.8 Å². The summed E-state index contributed by atoms with van der Waals surface area (Å²) in [6.45, 7) is 3.51. The van der Waals surface area contributed by atoms with Gasteiger partial charge in [-0.3, -0.25) is 10.1 Å². The average Bonchev–Trinajstić information content (AvgIpc) is 2.35. The summed E-state index contributed by atoms with van der Waals surface area (Å²) >= 11 is 0. The highest BCUT2D eigenvalue weighted by molar-refractivity contribution is 5.43. The van der Waals surface area contributed by atoms with E-state index in [1.54, 1.807) is 19.2 Å². The van der Waals surface area contributed by atoms with Gasteiger partial charge in [0.2, 0.25) is 0 Å². The minimum atomic E-state index is -0.397. The summed E-state index contributed by atoms with van der Waals surface area (Å²) in [5.74, 6) is 0.662. The number of nitro benzene ring substituents is 1. The van der Waals surface area contributed by atoms with E-state index in [4.69, 9.17) is 4.74 Å². The molecule has 0 amide bonds. The predicted molar refractivity (Wildman–Crippen MR) is 74.5 cm³/mol. The number of hydrogen-bond donors (Lipinski definition) is 1. The zero-order valence-electron chi connectivity index (χ0n) is 11.8. The molecule has 106 valence electrons. The Balaban J connectivity index is 2.75. The summed E-state index contributed by atoms with van der Waals surface area (Å²) in [6.07, 6.45) is 0. The Hall–Kier alpha value is -1.66. The topological polar surface area (TPSA) is 67.6 Å². The first-order valence-electron chi connectivity index (χ1n) is 6.13. The maximum atomic E-state index is 10.8. The SMILES string of the molecule is COc1ccc([N+](=O)[O-])cc1CNC(C)CN(C)C. The number of rotatable bonds is 7. The number of nitro groups is 1. The second kappa shape index (κ2) is 7.06. The van der Waals surface area contributed by atoms with Crippen LogP contribution in [0.25, 0.3) is 0 Å². The first-order valence-corrected chi connectivity index (χ1v) is 6.13. The third kappa shape index (κ3) is 4.84. The van der Waals surface area contributed by atoms with Crippen LogP contribution in [0.1, 0.15) is 12.5 Å². The van der Waals surface area contributed by atoms with E-state index in [2.05, 4.69) is 17.1 Å². The summed E-state index contributed by atoms with van der Waals surface area (Å²) in [7, 11) is 5.58. The molecule has 1 N–H and O–H groups in total. The maximum absolute atomic E-state index is 10.8. The van der Waals surface area contributed by atoms with Gasteiger partial charge in [0.25, 0.3) is 5.69 Å². The van der Waals surface area contributed by atoms with Crippen LogP contribution in [0.5, 0.6) is 5.75 Å². The molecule has 6 heteroatoms. The molecule has 0 fully saturated rings. The number of nitrogens with one attached hydrogen (secondary N) is 1. The Kier molecular flexibility index (Phi) is 5.72. The smallest absolute Gasteiger partial charge is 0.270 e. The van der Waals surface area contributed by atoms with Crippen LogP contribution in [-0.2, 0) is 6.54 Å². The van der Waals surface area contributed by atoms with Gasteiger partial charge in [0.15, 0.2) is 0 Å². The second-order valence-electron chi connectivity index (χ2n) is 4.80. The number of ether oxygens (including phenoxy) is 1. The lowest BCUT2D eigenvalue weighted by Gasteiger charge is -2.19. The van der Waals surface area contributed by atoms with Crippen molar-refractivity contribution in [2.45, 2.75) is 19.5 Å². The van der Waals surface area contributed by atoms with Crippen LogP contribution in [0.2, 0.25) is 0 Å². The van der Waals surface area contributed by atoms with Crippen molar-refractivity contribution in [1.29, 1.82) is 0 Å². The zero-order valence-corrected chi connectivity index (χ0v) is 11.8. The normalized spacial score (nSPS) is 12.5. The molecule has 1 aromatic rings. The standard InChI is InChI=1S/C13H21N3O3/c1-10(9-15(2)3)14-8-11-7-12(16(17)18)5-6-13(11)19-4/h5-7,10,14H,8-9H2,1-4H3. The number of methoxy groups -OCH3 is 1. The Labute approximate surface area is 113 Å². The zero-order chi connectivity index (χ0) is 14.4. The Morgan fingerprint density at radius 3 is 2.68 bits per heavy atom. The predicted octanol–water partition coefficient (Wildman–Crippen LogP) is 1.64. The van der Waals surface area contributed by atoms with Gasteiger partial charge in [-0.15, -0.1) is 0 Å². The molecule has 0 spiro atoms. The molecule has 0 aliphatic rings. The van der Waals surface area contributed by atoms with E-state index in [9.17, 15) is 10.1 Å². The molecule has 0 saturated heterocycles. The molecular formula is C13H21N3O3. The van der Waals surface area contributed by atoms with Gasteiger partial charge in [-0.2, -0.15) is 0 Å². The third-order valence-electron chi connectivity index (χ3n) is 2.75. The molecule has 0 aliphatic heterocycles. The van der Waals surface area contributed by atoms with E-state index in [0.717, 1.165) is 12.1 Å². The number of hydrogen-bond acceptors (Lipinski definition) is 5. The molecule has 0 heterocycles. The molecule has 0 aliphatic carbocycles. The summed E-state index contributed by atoms with van der Waals surface area (Å²) in [6, 6.07) is 4.92. The molecule has 6 nitrogen and oxygen atoms in total. The van der Waals surface area contributed by atoms with Crippen LogP contribution in [0.4, 0.5) is 5.69 Å². The van der Waals surface area contributed by atoms with Crippen molar-refractivity contribution < 1.29 is 9.66 Å². The molecule has 0 radical (unpaired) electrons. The van der Waals surface area contributed by atoms with Crippen LogP contribution in [0.15, 0.2) is 18.2 Å². The second-order valence-corrected chi connectivity index (χ2v) is 4.80. The maximum Gasteiger partial charge on any atom is 0.270 e. The number of benzene rings is 1. The summed E-state index contributed by atoms with van der Waals surface area (Å²) in [5, 5.41) is 14.1. The highest BCUT2D eigenvalue weighted by atomic mass is 16.6. The van der Waals surface area contributed by atoms with E-state index in [1.807, 2.05) is 14.1 Å². The van der Waals surface area contributed by atoms with Crippen molar-refractivity contribution in [3.05, 3.63) is 33.9 Å². The van der Waals surface area contributed by atoms with E-state index >= 15 is 0 Å². The summed E-state index contributed by atoms with van der Waals surface area (Å²) < 4.78 is 5.22. The third-order valence-corrected chi connectivity index (χ3v) is 2.75. The highest BCUT2D eigenvalue weighted by Gasteiger charge is 2.12. The van der Waals surface area contributed by atoms with Crippen molar-refractivity contribution in [3.8, 4) is 5.75 Å². The molecule has 0 saturated carbocycles. The lowest BCUT2D eigenvalue weighted by molar-refractivity contribution is -0.384. The molecule has 0 aromatic heterocycles. The van der Waals surface area contributed by atoms with Crippen LogP contribution in [-0.4, -0.2) is 43.6 Å². The van der Waals surface area contributed by atoms with Crippen molar-refractivity contribution in [2.75, 3.05) is 27.7 Å². The molecule has 1 aromatic carbocycles. The van der Waals surface area contributed by atoms with Gasteiger partial charge in [-0.25, -0.2) is 0 Å². The summed E-state index contributed by atoms with van der Waals surface area (Å²) in [5.41, 5.74) is 0.875. The fourth-order valence-corrected chi connectivity index (χ4v) is 1.91. The Morgan fingerprint density at radius 2 is 2.16 bits per heavy atom. The first kappa shape index (κ1) is 15.4. The Morgan fingerprint density at radius 1 is 1.47 bits per heavy atom. The van der Waals surface area contributed by atoms with E-state index in [0.29, 0.717) is 18.3 Å². The monoisotopic (exact) mass is 267 g/mol.